The number of ether oxygens (including phenoxy) is 1. The Balaban J connectivity index is 1.69. The molecule has 0 aliphatic heterocycles. The predicted molar refractivity (Wildman–Crippen MR) is 90.3 cm³/mol. The molecule has 0 bridgehead atoms. The van der Waals surface area contributed by atoms with E-state index in [0.29, 0.717) is 13.1 Å². The van der Waals surface area contributed by atoms with E-state index in [1.54, 1.807) is 19.5 Å². The van der Waals surface area contributed by atoms with Gasteiger partial charge in [-0.2, -0.15) is 0 Å². The fraction of sp³-hybridized carbons (Fsp3) is 0.333. The summed E-state index contributed by atoms with van der Waals surface area (Å²) in [6.45, 7) is 1.75. The third-order valence-electron chi connectivity index (χ3n) is 3.59. The number of aromatic nitrogens is 1. The van der Waals surface area contributed by atoms with Crippen molar-refractivity contribution < 1.29 is 9.53 Å². The lowest BCUT2D eigenvalue weighted by Crippen LogP contribution is -2.35. The van der Waals surface area contributed by atoms with Crippen LogP contribution in [-0.2, 0) is 17.8 Å². The van der Waals surface area contributed by atoms with Crippen molar-refractivity contribution in [2.75, 3.05) is 27.2 Å². The summed E-state index contributed by atoms with van der Waals surface area (Å²) in [6, 6.07) is 11.7. The summed E-state index contributed by atoms with van der Waals surface area (Å²) >= 11 is 0. The molecule has 1 N–H and O–H groups in total. The van der Waals surface area contributed by atoms with E-state index in [1.165, 1.54) is 5.56 Å². The Morgan fingerprint density at radius 1 is 1.13 bits per heavy atom. The fourth-order valence-electron chi connectivity index (χ4n) is 2.19. The minimum Gasteiger partial charge on any atom is -0.497 e. The highest BCUT2D eigenvalue weighted by molar-refractivity contribution is 5.77. The third-order valence-corrected chi connectivity index (χ3v) is 3.59. The van der Waals surface area contributed by atoms with Gasteiger partial charge in [-0.1, -0.05) is 12.1 Å². The summed E-state index contributed by atoms with van der Waals surface area (Å²) < 4.78 is 5.11. The lowest BCUT2D eigenvalue weighted by molar-refractivity contribution is -0.122. The number of nitrogens with one attached hydrogen (secondary N) is 1. The molecule has 1 amide bonds. The second kappa shape index (κ2) is 8.90. The Kier molecular flexibility index (Phi) is 6.56. The first-order chi connectivity index (χ1) is 11.2. The van der Waals surface area contributed by atoms with Gasteiger partial charge in [0.15, 0.2) is 0 Å². The van der Waals surface area contributed by atoms with Crippen LogP contribution in [0.3, 0.4) is 0 Å². The van der Waals surface area contributed by atoms with Gasteiger partial charge in [-0.3, -0.25) is 14.7 Å². The summed E-state index contributed by atoms with van der Waals surface area (Å²) in [4.78, 5) is 18.0. The highest BCUT2D eigenvalue weighted by Crippen LogP contribution is 2.10. The van der Waals surface area contributed by atoms with Gasteiger partial charge >= 0.3 is 0 Å². The number of hydrogen-bond donors (Lipinski definition) is 1. The van der Waals surface area contributed by atoms with E-state index in [1.807, 2.05) is 48.3 Å². The number of rotatable bonds is 8. The van der Waals surface area contributed by atoms with Crippen molar-refractivity contribution in [2.45, 2.75) is 13.0 Å². The molecule has 0 atom stereocenters. The number of pyridine rings is 1. The molecule has 5 heteroatoms. The average Bonchev–Trinajstić information content (AvgIpc) is 2.59. The van der Waals surface area contributed by atoms with Crippen molar-refractivity contribution in [3.05, 3.63) is 59.9 Å². The number of likely N-dealkylation sites (N-methyl/N-ethyl adjacent to an activating group) is 1. The van der Waals surface area contributed by atoms with E-state index in [2.05, 4.69) is 10.3 Å². The molecule has 0 aliphatic rings. The van der Waals surface area contributed by atoms with Gasteiger partial charge in [0.05, 0.1) is 13.7 Å². The Labute approximate surface area is 137 Å². The van der Waals surface area contributed by atoms with Gasteiger partial charge in [0, 0.05) is 25.5 Å². The maximum absolute atomic E-state index is 12.0. The molecule has 0 spiro atoms. The third kappa shape index (κ3) is 6.08. The number of methoxy groups -OCH3 is 1. The van der Waals surface area contributed by atoms with Crippen LogP contribution in [0.2, 0.25) is 0 Å². The van der Waals surface area contributed by atoms with Crippen molar-refractivity contribution in [3.63, 3.8) is 0 Å². The van der Waals surface area contributed by atoms with E-state index in [4.69, 9.17) is 4.74 Å². The van der Waals surface area contributed by atoms with Crippen LogP contribution >= 0.6 is 0 Å². The molecule has 0 radical (unpaired) electrons. The average molecular weight is 313 g/mol. The molecule has 5 nitrogen and oxygen atoms in total. The van der Waals surface area contributed by atoms with Crippen molar-refractivity contribution >= 4 is 5.91 Å². The number of nitrogens with zero attached hydrogens (tertiary/aromatic N) is 2. The highest BCUT2D eigenvalue weighted by Gasteiger charge is 2.06. The van der Waals surface area contributed by atoms with Crippen LogP contribution in [0, 0.1) is 0 Å². The Morgan fingerprint density at radius 3 is 2.48 bits per heavy atom. The fourth-order valence-corrected chi connectivity index (χ4v) is 2.19. The maximum Gasteiger partial charge on any atom is 0.234 e. The van der Waals surface area contributed by atoms with E-state index in [-0.39, 0.29) is 5.91 Å². The number of benzene rings is 1. The summed E-state index contributed by atoms with van der Waals surface area (Å²) in [6.07, 6.45) is 4.48. The van der Waals surface area contributed by atoms with Gasteiger partial charge < -0.3 is 10.1 Å². The summed E-state index contributed by atoms with van der Waals surface area (Å²) in [5, 5.41) is 2.93. The largest absolute Gasteiger partial charge is 0.497 e. The molecule has 1 heterocycles. The molecule has 23 heavy (non-hydrogen) atoms. The van der Waals surface area contributed by atoms with Crippen LogP contribution < -0.4 is 10.1 Å². The molecular formula is C18H23N3O2. The SMILES string of the molecule is COc1ccc(CNC(=O)CN(C)CCc2ccncc2)cc1. The van der Waals surface area contributed by atoms with Crippen molar-refractivity contribution in [3.8, 4) is 5.75 Å². The molecule has 0 saturated carbocycles. The van der Waals surface area contributed by atoms with Gasteiger partial charge in [-0.25, -0.2) is 0 Å². The van der Waals surface area contributed by atoms with E-state index < -0.39 is 0 Å². The highest BCUT2D eigenvalue weighted by atomic mass is 16.5. The number of hydrogen-bond acceptors (Lipinski definition) is 4. The van der Waals surface area contributed by atoms with Crippen LogP contribution in [0.1, 0.15) is 11.1 Å². The monoisotopic (exact) mass is 313 g/mol. The van der Waals surface area contributed by atoms with Crippen LogP contribution in [0.25, 0.3) is 0 Å². The van der Waals surface area contributed by atoms with Gasteiger partial charge in [-0.15, -0.1) is 0 Å². The van der Waals surface area contributed by atoms with E-state index >= 15 is 0 Å². The zero-order valence-electron chi connectivity index (χ0n) is 13.7. The summed E-state index contributed by atoms with van der Waals surface area (Å²) in [5.74, 6) is 0.842. The van der Waals surface area contributed by atoms with E-state index in [9.17, 15) is 4.79 Å². The first kappa shape index (κ1) is 17.0. The van der Waals surface area contributed by atoms with Crippen LogP contribution in [-0.4, -0.2) is 43.0 Å². The summed E-state index contributed by atoms with van der Waals surface area (Å²) in [5.41, 5.74) is 2.28. The molecule has 0 saturated heterocycles. The molecule has 1 aromatic heterocycles. The topological polar surface area (TPSA) is 54.5 Å². The van der Waals surface area contributed by atoms with E-state index in [0.717, 1.165) is 24.3 Å². The van der Waals surface area contributed by atoms with Gasteiger partial charge in [0.2, 0.25) is 5.91 Å². The van der Waals surface area contributed by atoms with Crippen molar-refractivity contribution in [2.24, 2.45) is 0 Å². The van der Waals surface area contributed by atoms with Crippen molar-refractivity contribution in [1.82, 2.24) is 15.2 Å². The van der Waals surface area contributed by atoms with Gasteiger partial charge in [-0.05, 0) is 48.9 Å². The first-order valence-electron chi connectivity index (χ1n) is 7.64. The predicted octanol–water partition coefficient (Wildman–Crippen LogP) is 1.88. The van der Waals surface area contributed by atoms with Gasteiger partial charge in [0.25, 0.3) is 0 Å². The molecular weight excluding hydrogens is 290 g/mol. The standard InChI is InChI=1S/C18H23N3O2/c1-21(12-9-15-7-10-19-11-8-15)14-18(22)20-13-16-3-5-17(23-2)6-4-16/h3-8,10-11H,9,12-14H2,1-2H3,(H,20,22). The molecule has 0 aliphatic carbocycles. The quantitative estimate of drug-likeness (QED) is 0.808. The maximum atomic E-state index is 12.0. The lowest BCUT2D eigenvalue weighted by Gasteiger charge is -2.16. The minimum absolute atomic E-state index is 0.0260. The number of carbonyl (C=O) groups is 1. The van der Waals surface area contributed by atoms with Crippen LogP contribution in [0.5, 0.6) is 5.75 Å². The van der Waals surface area contributed by atoms with Crippen LogP contribution in [0.4, 0.5) is 0 Å². The zero-order valence-corrected chi connectivity index (χ0v) is 13.7. The smallest absolute Gasteiger partial charge is 0.234 e. The Morgan fingerprint density at radius 2 is 1.83 bits per heavy atom. The minimum atomic E-state index is 0.0260. The molecule has 2 aromatic rings. The van der Waals surface area contributed by atoms with Crippen molar-refractivity contribution in [1.29, 1.82) is 0 Å². The molecule has 122 valence electrons. The Bertz CT molecular complexity index is 599. The Hall–Kier alpha value is -2.40. The molecule has 2 rings (SSSR count). The second-order valence-electron chi connectivity index (χ2n) is 5.47. The molecule has 1 aromatic carbocycles. The number of amides is 1. The summed E-state index contributed by atoms with van der Waals surface area (Å²) in [7, 11) is 3.59. The normalized spacial score (nSPS) is 10.6. The van der Waals surface area contributed by atoms with Gasteiger partial charge in [0.1, 0.15) is 5.75 Å². The first-order valence-corrected chi connectivity index (χ1v) is 7.64. The van der Waals surface area contributed by atoms with Crippen LogP contribution in [0.15, 0.2) is 48.8 Å². The lowest BCUT2D eigenvalue weighted by atomic mass is 10.2. The molecule has 0 unspecified atom stereocenters. The molecule has 0 fully saturated rings. The zero-order chi connectivity index (χ0) is 16.5. The second-order valence-corrected chi connectivity index (χ2v) is 5.47. The number of carbonyl (C=O) groups excluding carboxylic acids is 1.